The van der Waals surface area contributed by atoms with Crippen molar-refractivity contribution < 1.29 is 19.2 Å². The van der Waals surface area contributed by atoms with Crippen LogP contribution in [0.2, 0.25) is 0 Å². The highest BCUT2D eigenvalue weighted by molar-refractivity contribution is 5.85. The summed E-state index contributed by atoms with van der Waals surface area (Å²) in [4.78, 5) is 13.1. The highest BCUT2D eigenvalue weighted by Crippen LogP contribution is 2.22. The second-order valence-corrected chi connectivity index (χ2v) is 5.03. The van der Waals surface area contributed by atoms with Gasteiger partial charge in [0.25, 0.3) is 5.91 Å². The maximum Gasteiger partial charge on any atom is 0.295 e. The van der Waals surface area contributed by atoms with E-state index in [0.717, 1.165) is 18.7 Å². The highest BCUT2D eigenvalue weighted by Gasteiger charge is 2.18. The Balaban J connectivity index is 1.89. The summed E-state index contributed by atoms with van der Waals surface area (Å²) in [6, 6.07) is 5.43. The average molecular weight is 292 g/mol. The summed E-state index contributed by atoms with van der Waals surface area (Å²) in [5, 5.41) is 3.99. The Bertz CT molecular complexity index is 511. The van der Waals surface area contributed by atoms with E-state index in [-0.39, 0.29) is 5.91 Å². The number of nitrogens with one attached hydrogen (secondary N) is 2. The van der Waals surface area contributed by atoms with Crippen molar-refractivity contribution in [3.8, 4) is 11.5 Å². The minimum Gasteiger partial charge on any atom is -0.497 e. The monoisotopic (exact) mass is 292 g/mol. The fourth-order valence-electron chi connectivity index (χ4n) is 2.42. The van der Waals surface area contributed by atoms with Crippen molar-refractivity contribution >= 4 is 12.1 Å². The van der Waals surface area contributed by atoms with Crippen molar-refractivity contribution in [3.05, 3.63) is 23.8 Å². The molecule has 21 heavy (non-hydrogen) atoms. The number of hydrogen-bond acceptors (Lipinski definition) is 4. The number of quaternary nitrogens is 1. The van der Waals surface area contributed by atoms with Crippen LogP contribution in [0.5, 0.6) is 11.5 Å². The third-order valence-corrected chi connectivity index (χ3v) is 3.55. The second-order valence-electron chi connectivity index (χ2n) is 5.03. The number of hydrogen-bond donors (Lipinski definition) is 2. The zero-order chi connectivity index (χ0) is 15.1. The second kappa shape index (κ2) is 7.64. The molecule has 0 aromatic heterocycles. The number of rotatable bonds is 6. The zero-order valence-electron chi connectivity index (χ0n) is 12.5. The molecule has 0 atom stereocenters. The van der Waals surface area contributed by atoms with Gasteiger partial charge >= 0.3 is 0 Å². The van der Waals surface area contributed by atoms with Crippen molar-refractivity contribution in [3.63, 3.8) is 0 Å². The summed E-state index contributed by atoms with van der Waals surface area (Å²) in [7, 11) is 3.19. The van der Waals surface area contributed by atoms with Crippen LogP contribution in [0.3, 0.4) is 0 Å². The molecular weight excluding hydrogens is 270 g/mol. The van der Waals surface area contributed by atoms with Crippen LogP contribution in [0, 0.1) is 0 Å². The number of benzene rings is 1. The van der Waals surface area contributed by atoms with Gasteiger partial charge in [-0.3, -0.25) is 4.79 Å². The number of ether oxygens (including phenoxy) is 2. The van der Waals surface area contributed by atoms with Gasteiger partial charge in [-0.2, -0.15) is 5.10 Å². The predicted octanol–water partition coefficient (Wildman–Crippen LogP) is -0.167. The summed E-state index contributed by atoms with van der Waals surface area (Å²) in [6.07, 6.45) is 3.99. The lowest BCUT2D eigenvalue weighted by Crippen LogP contribution is -3.11. The lowest BCUT2D eigenvalue weighted by atomic mass is 10.2. The van der Waals surface area contributed by atoms with E-state index < -0.39 is 0 Å². The molecule has 1 aromatic carbocycles. The first-order chi connectivity index (χ1) is 10.2. The van der Waals surface area contributed by atoms with E-state index in [9.17, 15) is 4.79 Å². The Kier molecular flexibility index (Phi) is 5.57. The molecule has 2 rings (SSSR count). The molecule has 1 aromatic rings. The first-order valence-electron chi connectivity index (χ1n) is 7.10. The maximum atomic E-state index is 11.7. The third kappa shape index (κ3) is 4.46. The van der Waals surface area contributed by atoms with Crippen LogP contribution in [-0.4, -0.2) is 46.0 Å². The van der Waals surface area contributed by atoms with Crippen LogP contribution in [0.1, 0.15) is 18.4 Å². The Hall–Kier alpha value is -2.08. The van der Waals surface area contributed by atoms with Crippen LogP contribution >= 0.6 is 0 Å². The third-order valence-electron chi connectivity index (χ3n) is 3.55. The summed E-state index contributed by atoms with van der Waals surface area (Å²) in [5.74, 6) is 1.30. The Morgan fingerprint density at radius 3 is 2.76 bits per heavy atom. The standard InChI is InChI=1S/C15H21N3O3/c1-20-13-6-5-12(14(9-13)21-2)10-16-17-15(19)11-18-7-3-4-8-18/h5-6,9-10H,3-4,7-8,11H2,1-2H3,(H,17,19)/p+1/b16-10-. The average Bonchev–Trinajstić information content (AvgIpc) is 3.00. The number of likely N-dealkylation sites (tertiary alicyclic amines) is 1. The molecule has 1 fully saturated rings. The molecule has 6 heteroatoms. The summed E-state index contributed by atoms with van der Waals surface area (Å²) < 4.78 is 10.4. The molecule has 2 N–H and O–H groups in total. The molecule has 1 saturated heterocycles. The van der Waals surface area contributed by atoms with Crippen molar-refractivity contribution in [1.82, 2.24) is 5.43 Å². The van der Waals surface area contributed by atoms with Crippen molar-refractivity contribution in [1.29, 1.82) is 0 Å². The van der Waals surface area contributed by atoms with Gasteiger partial charge in [-0.15, -0.1) is 0 Å². The first-order valence-corrected chi connectivity index (χ1v) is 7.10. The Morgan fingerprint density at radius 2 is 2.10 bits per heavy atom. The van der Waals surface area contributed by atoms with Crippen LogP contribution < -0.4 is 19.8 Å². The molecule has 0 spiro atoms. The molecule has 0 aliphatic carbocycles. The van der Waals surface area contributed by atoms with Gasteiger partial charge in [0.15, 0.2) is 6.54 Å². The molecule has 6 nitrogen and oxygen atoms in total. The van der Waals surface area contributed by atoms with E-state index in [1.807, 2.05) is 12.1 Å². The number of methoxy groups -OCH3 is 2. The van der Waals surface area contributed by atoms with Gasteiger partial charge in [0.2, 0.25) is 0 Å². The van der Waals surface area contributed by atoms with Crippen LogP contribution in [0.4, 0.5) is 0 Å². The molecule has 114 valence electrons. The molecule has 1 aliphatic rings. The Labute approximate surface area is 124 Å². The minimum atomic E-state index is -0.0596. The van der Waals surface area contributed by atoms with E-state index in [1.54, 1.807) is 26.5 Å². The lowest BCUT2D eigenvalue weighted by Gasteiger charge is -2.10. The van der Waals surface area contributed by atoms with Gasteiger partial charge in [-0.1, -0.05) is 0 Å². The molecular formula is C15H22N3O3+. The fourth-order valence-corrected chi connectivity index (χ4v) is 2.42. The molecule has 0 radical (unpaired) electrons. The first kappa shape index (κ1) is 15.3. The van der Waals surface area contributed by atoms with E-state index in [2.05, 4.69) is 10.5 Å². The molecule has 0 saturated carbocycles. The maximum absolute atomic E-state index is 11.7. The van der Waals surface area contributed by atoms with Crippen molar-refractivity contribution in [2.45, 2.75) is 12.8 Å². The van der Waals surface area contributed by atoms with Crippen LogP contribution in [0.15, 0.2) is 23.3 Å². The van der Waals surface area contributed by atoms with Gasteiger partial charge in [0.05, 0.1) is 33.5 Å². The molecule has 1 heterocycles. The van der Waals surface area contributed by atoms with E-state index in [1.165, 1.54) is 17.7 Å². The minimum absolute atomic E-state index is 0.0596. The number of carbonyl (C=O) groups is 1. The van der Waals surface area contributed by atoms with Gasteiger partial charge in [-0.25, -0.2) is 5.43 Å². The molecule has 1 aliphatic heterocycles. The number of amides is 1. The normalized spacial score (nSPS) is 15.3. The SMILES string of the molecule is COc1ccc(/C=N\NC(=O)C[NH+]2CCCC2)c(OC)c1. The predicted molar refractivity (Wildman–Crippen MR) is 80.1 cm³/mol. The van der Waals surface area contributed by atoms with Gasteiger partial charge in [0.1, 0.15) is 11.5 Å². The molecule has 1 amide bonds. The summed E-state index contributed by atoms with van der Waals surface area (Å²) in [6.45, 7) is 2.63. The van der Waals surface area contributed by atoms with Crippen molar-refractivity contribution in [2.24, 2.45) is 5.10 Å². The van der Waals surface area contributed by atoms with Crippen molar-refractivity contribution in [2.75, 3.05) is 33.9 Å². The lowest BCUT2D eigenvalue weighted by molar-refractivity contribution is -0.879. The fraction of sp³-hybridized carbons (Fsp3) is 0.467. The van der Waals surface area contributed by atoms with E-state index in [0.29, 0.717) is 18.0 Å². The zero-order valence-corrected chi connectivity index (χ0v) is 12.5. The molecule has 0 unspecified atom stereocenters. The van der Waals surface area contributed by atoms with Gasteiger partial charge in [-0.05, 0) is 12.1 Å². The quantitative estimate of drug-likeness (QED) is 0.565. The topological polar surface area (TPSA) is 64.4 Å². The number of nitrogens with zero attached hydrogens (tertiary/aromatic N) is 1. The summed E-state index contributed by atoms with van der Waals surface area (Å²) in [5.41, 5.74) is 3.35. The summed E-state index contributed by atoms with van der Waals surface area (Å²) >= 11 is 0. The smallest absolute Gasteiger partial charge is 0.295 e. The van der Waals surface area contributed by atoms with E-state index >= 15 is 0 Å². The molecule has 0 bridgehead atoms. The van der Waals surface area contributed by atoms with Crippen LogP contribution in [-0.2, 0) is 4.79 Å². The number of hydrazone groups is 1. The Morgan fingerprint density at radius 1 is 1.33 bits per heavy atom. The van der Waals surface area contributed by atoms with Gasteiger partial charge in [0, 0.05) is 24.5 Å². The van der Waals surface area contributed by atoms with E-state index in [4.69, 9.17) is 9.47 Å². The largest absolute Gasteiger partial charge is 0.497 e. The van der Waals surface area contributed by atoms with Gasteiger partial charge < -0.3 is 14.4 Å². The highest BCUT2D eigenvalue weighted by atomic mass is 16.5. The van der Waals surface area contributed by atoms with Crippen LogP contribution in [0.25, 0.3) is 0 Å². The number of carbonyl (C=O) groups excluding carboxylic acids is 1.